The van der Waals surface area contributed by atoms with Crippen molar-refractivity contribution < 1.29 is 0 Å². The van der Waals surface area contributed by atoms with Crippen LogP contribution in [0.5, 0.6) is 0 Å². The van der Waals surface area contributed by atoms with Gasteiger partial charge in [-0.15, -0.1) is 0 Å². The highest BCUT2D eigenvalue weighted by atomic mass is 15.2. The fourth-order valence-corrected chi connectivity index (χ4v) is 2.04. The molecule has 0 spiro atoms. The van der Waals surface area contributed by atoms with Crippen LogP contribution in [0.4, 0.5) is 5.82 Å². The van der Waals surface area contributed by atoms with Crippen molar-refractivity contribution in [1.29, 1.82) is 0 Å². The van der Waals surface area contributed by atoms with Crippen molar-refractivity contribution in [3.8, 4) is 0 Å². The molecule has 0 aromatic carbocycles. The van der Waals surface area contributed by atoms with Crippen LogP contribution in [0.1, 0.15) is 6.42 Å². The number of fused-ring (bicyclic) bond motifs is 1. The van der Waals surface area contributed by atoms with Gasteiger partial charge >= 0.3 is 0 Å². The summed E-state index contributed by atoms with van der Waals surface area (Å²) in [6.07, 6.45) is 8.45. The Kier molecular flexibility index (Phi) is 1.85. The fourth-order valence-electron chi connectivity index (χ4n) is 2.04. The number of imidazole rings is 1. The van der Waals surface area contributed by atoms with E-state index in [1.54, 1.807) is 12.4 Å². The van der Waals surface area contributed by atoms with Gasteiger partial charge in [0.2, 0.25) is 0 Å². The minimum Gasteiger partial charge on any atom is -0.352 e. The third kappa shape index (κ3) is 1.35. The second kappa shape index (κ2) is 3.20. The first-order chi connectivity index (χ1) is 7.34. The Labute approximate surface area is 87.5 Å². The van der Waals surface area contributed by atoms with Crippen molar-refractivity contribution >= 4 is 11.5 Å². The minimum atomic E-state index is 0.266. The van der Waals surface area contributed by atoms with Crippen molar-refractivity contribution in [1.82, 2.24) is 14.4 Å². The number of rotatable bonds is 1. The topological polar surface area (TPSA) is 59.5 Å². The van der Waals surface area contributed by atoms with Gasteiger partial charge in [0.15, 0.2) is 11.5 Å². The Bertz CT molecular complexity index is 477. The van der Waals surface area contributed by atoms with E-state index in [1.807, 2.05) is 16.8 Å². The molecule has 2 aromatic heterocycles. The minimum absolute atomic E-state index is 0.266. The quantitative estimate of drug-likeness (QED) is 0.722. The van der Waals surface area contributed by atoms with Crippen molar-refractivity contribution in [3.05, 3.63) is 24.8 Å². The zero-order valence-electron chi connectivity index (χ0n) is 8.37. The summed E-state index contributed by atoms with van der Waals surface area (Å²) in [5.74, 6) is 0.940. The van der Waals surface area contributed by atoms with E-state index in [0.29, 0.717) is 0 Å². The van der Waals surface area contributed by atoms with E-state index in [9.17, 15) is 0 Å². The molecule has 2 N–H and O–H groups in total. The van der Waals surface area contributed by atoms with E-state index in [-0.39, 0.29) is 6.04 Å². The van der Waals surface area contributed by atoms with Gasteiger partial charge in [-0.3, -0.25) is 0 Å². The highest BCUT2D eigenvalue weighted by Crippen LogP contribution is 2.20. The van der Waals surface area contributed by atoms with Gasteiger partial charge in [0.1, 0.15) is 0 Å². The van der Waals surface area contributed by atoms with Crippen LogP contribution in [0.2, 0.25) is 0 Å². The van der Waals surface area contributed by atoms with Gasteiger partial charge in [0.25, 0.3) is 0 Å². The molecule has 1 aliphatic rings. The summed E-state index contributed by atoms with van der Waals surface area (Å²) >= 11 is 0. The highest BCUT2D eigenvalue weighted by molar-refractivity contribution is 5.64. The largest absolute Gasteiger partial charge is 0.352 e. The van der Waals surface area contributed by atoms with Crippen LogP contribution < -0.4 is 10.6 Å². The molecule has 1 fully saturated rings. The van der Waals surface area contributed by atoms with Gasteiger partial charge < -0.3 is 15.0 Å². The van der Waals surface area contributed by atoms with Gasteiger partial charge in [0, 0.05) is 43.9 Å². The Morgan fingerprint density at radius 1 is 1.27 bits per heavy atom. The van der Waals surface area contributed by atoms with Crippen LogP contribution in [-0.2, 0) is 0 Å². The summed E-state index contributed by atoms with van der Waals surface area (Å²) < 4.78 is 1.98. The smallest absolute Gasteiger partial charge is 0.180 e. The number of hydrogen-bond acceptors (Lipinski definition) is 4. The molecule has 0 aliphatic carbocycles. The molecule has 2 aromatic rings. The van der Waals surface area contributed by atoms with Gasteiger partial charge in [-0.05, 0) is 6.42 Å². The lowest BCUT2D eigenvalue weighted by Crippen LogP contribution is -2.27. The number of nitrogens with two attached hydrogens (primary N) is 1. The van der Waals surface area contributed by atoms with Crippen LogP contribution in [-0.4, -0.2) is 33.5 Å². The molecule has 1 saturated heterocycles. The molecule has 3 rings (SSSR count). The van der Waals surface area contributed by atoms with E-state index in [0.717, 1.165) is 31.0 Å². The standard InChI is InChI=1S/C10H13N5/c11-8-1-4-15(7-8)10-9-12-2-5-14(9)6-3-13-10/h2-3,5-6,8H,1,4,7,11H2/t8-/m1/s1. The average Bonchev–Trinajstić information content (AvgIpc) is 2.84. The van der Waals surface area contributed by atoms with Crippen LogP contribution in [0.3, 0.4) is 0 Å². The third-order valence-corrected chi connectivity index (χ3v) is 2.82. The maximum atomic E-state index is 5.89. The van der Waals surface area contributed by atoms with Crippen molar-refractivity contribution in [2.45, 2.75) is 12.5 Å². The number of hydrogen-bond donors (Lipinski definition) is 1. The van der Waals surface area contributed by atoms with Gasteiger partial charge in [-0.1, -0.05) is 0 Å². The van der Waals surface area contributed by atoms with Gasteiger partial charge in [-0.2, -0.15) is 0 Å². The molecule has 3 heterocycles. The van der Waals surface area contributed by atoms with Crippen LogP contribution in [0.25, 0.3) is 5.65 Å². The molecule has 5 heteroatoms. The predicted molar refractivity (Wildman–Crippen MR) is 57.8 cm³/mol. The monoisotopic (exact) mass is 203 g/mol. The third-order valence-electron chi connectivity index (χ3n) is 2.82. The Morgan fingerprint density at radius 3 is 2.80 bits per heavy atom. The summed E-state index contributed by atoms with van der Waals surface area (Å²) in [4.78, 5) is 10.9. The summed E-state index contributed by atoms with van der Waals surface area (Å²) in [7, 11) is 0. The summed E-state index contributed by atoms with van der Waals surface area (Å²) in [6.45, 7) is 1.85. The lowest BCUT2D eigenvalue weighted by atomic mass is 10.3. The lowest BCUT2D eigenvalue weighted by Gasteiger charge is -2.16. The van der Waals surface area contributed by atoms with Gasteiger partial charge in [0.05, 0.1) is 0 Å². The molecular formula is C10H13N5. The van der Waals surface area contributed by atoms with Crippen molar-refractivity contribution in [2.24, 2.45) is 5.73 Å². The van der Waals surface area contributed by atoms with Crippen LogP contribution >= 0.6 is 0 Å². The fraction of sp³-hybridized carbons (Fsp3) is 0.400. The molecule has 0 amide bonds. The molecule has 0 unspecified atom stereocenters. The summed E-state index contributed by atoms with van der Waals surface area (Å²) in [5.41, 5.74) is 6.79. The zero-order valence-corrected chi connectivity index (χ0v) is 8.37. The maximum Gasteiger partial charge on any atom is 0.180 e. The Balaban J connectivity index is 2.06. The first kappa shape index (κ1) is 8.67. The Morgan fingerprint density at radius 2 is 2.07 bits per heavy atom. The van der Waals surface area contributed by atoms with E-state index >= 15 is 0 Å². The molecule has 0 bridgehead atoms. The maximum absolute atomic E-state index is 5.89. The van der Waals surface area contributed by atoms with Crippen LogP contribution in [0, 0.1) is 0 Å². The normalized spacial score (nSPS) is 21.4. The van der Waals surface area contributed by atoms with E-state index in [4.69, 9.17) is 5.73 Å². The van der Waals surface area contributed by atoms with E-state index in [1.165, 1.54) is 0 Å². The molecule has 5 nitrogen and oxygen atoms in total. The molecule has 1 aliphatic heterocycles. The van der Waals surface area contributed by atoms with Crippen molar-refractivity contribution in [3.63, 3.8) is 0 Å². The van der Waals surface area contributed by atoms with Crippen molar-refractivity contribution in [2.75, 3.05) is 18.0 Å². The van der Waals surface area contributed by atoms with Crippen LogP contribution in [0.15, 0.2) is 24.8 Å². The zero-order chi connectivity index (χ0) is 10.3. The second-order valence-corrected chi connectivity index (χ2v) is 3.90. The number of aromatic nitrogens is 3. The lowest BCUT2D eigenvalue weighted by molar-refractivity contribution is 0.751. The highest BCUT2D eigenvalue weighted by Gasteiger charge is 2.22. The van der Waals surface area contributed by atoms with E-state index < -0.39 is 0 Å². The summed E-state index contributed by atoms with van der Waals surface area (Å²) in [6, 6.07) is 0.266. The first-order valence-electron chi connectivity index (χ1n) is 5.13. The first-order valence-corrected chi connectivity index (χ1v) is 5.13. The number of nitrogens with zero attached hydrogens (tertiary/aromatic N) is 4. The molecular weight excluding hydrogens is 190 g/mol. The van der Waals surface area contributed by atoms with E-state index in [2.05, 4.69) is 14.9 Å². The van der Waals surface area contributed by atoms with Gasteiger partial charge in [-0.25, -0.2) is 9.97 Å². The number of anilines is 1. The second-order valence-electron chi connectivity index (χ2n) is 3.90. The molecule has 0 saturated carbocycles. The SMILES string of the molecule is N[C@@H]1CCN(c2nccn3ccnc23)C1. The average molecular weight is 203 g/mol. The molecule has 1 atom stereocenters. The Hall–Kier alpha value is -1.62. The molecule has 15 heavy (non-hydrogen) atoms. The summed E-state index contributed by atoms with van der Waals surface area (Å²) in [5, 5.41) is 0. The molecule has 0 radical (unpaired) electrons. The predicted octanol–water partition coefficient (Wildman–Crippen LogP) is 0.267. The molecule has 78 valence electrons.